The van der Waals surface area contributed by atoms with Crippen LogP contribution in [0.1, 0.15) is 32.3 Å². The third kappa shape index (κ3) is 3.50. The number of hydrogen-bond donors (Lipinski definition) is 2. The van der Waals surface area contributed by atoms with Crippen molar-refractivity contribution in [2.75, 3.05) is 6.54 Å². The van der Waals surface area contributed by atoms with Crippen LogP contribution in [0.15, 0.2) is 18.2 Å². The molecule has 3 nitrogen and oxygen atoms in total. The van der Waals surface area contributed by atoms with E-state index in [1.54, 1.807) is 6.92 Å². The van der Waals surface area contributed by atoms with E-state index in [2.05, 4.69) is 5.32 Å². The van der Waals surface area contributed by atoms with Crippen molar-refractivity contribution in [2.45, 2.75) is 32.2 Å². The normalized spacial score (nSPS) is 14.2. The number of nitrogens with one attached hydrogen (secondary N) is 1. The Hall–Kier alpha value is -1.49. The molecule has 0 aliphatic carbocycles. The zero-order valence-corrected chi connectivity index (χ0v) is 10.6. The lowest BCUT2D eigenvalue weighted by atomic mass is 9.88. The highest BCUT2D eigenvalue weighted by Gasteiger charge is 2.28. The third-order valence-electron chi connectivity index (χ3n) is 2.85. The molecule has 1 amide bonds. The zero-order chi connectivity index (χ0) is 13.8. The van der Waals surface area contributed by atoms with E-state index in [1.807, 2.05) is 6.92 Å². The van der Waals surface area contributed by atoms with Crippen LogP contribution in [0, 0.1) is 11.6 Å². The average Bonchev–Trinajstić information content (AvgIpc) is 2.29. The predicted molar refractivity (Wildman–Crippen MR) is 65.8 cm³/mol. The average molecular weight is 256 g/mol. The van der Waals surface area contributed by atoms with Gasteiger partial charge < -0.3 is 11.1 Å². The van der Waals surface area contributed by atoms with E-state index >= 15 is 0 Å². The molecule has 0 aliphatic heterocycles. The first-order valence-corrected chi connectivity index (χ1v) is 5.88. The molecule has 0 radical (unpaired) electrons. The molecule has 1 atom stereocenters. The SMILES string of the molecule is CCCNC(C)(CC(N)=O)c1ccc(F)c(F)c1. The van der Waals surface area contributed by atoms with Gasteiger partial charge >= 0.3 is 0 Å². The molecule has 0 bridgehead atoms. The van der Waals surface area contributed by atoms with Gasteiger partial charge in [0.15, 0.2) is 11.6 Å². The lowest BCUT2D eigenvalue weighted by Gasteiger charge is -2.30. The van der Waals surface area contributed by atoms with Gasteiger partial charge in [0, 0.05) is 12.0 Å². The Balaban J connectivity index is 3.07. The second-order valence-electron chi connectivity index (χ2n) is 4.53. The van der Waals surface area contributed by atoms with Crippen molar-refractivity contribution in [3.05, 3.63) is 35.4 Å². The third-order valence-corrected chi connectivity index (χ3v) is 2.85. The van der Waals surface area contributed by atoms with E-state index in [0.717, 1.165) is 18.6 Å². The number of benzene rings is 1. The predicted octanol–water partition coefficient (Wildman–Crippen LogP) is 2.05. The van der Waals surface area contributed by atoms with Crippen molar-refractivity contribution in [1.82, 2.24) is 5.32 Å². The van der Waals surface area contributed by atoms with E-state index in [9.17, 15) is 13.6 Å². The van der Waals surface area contributed by atoms with Gasteiger partial charge in [-0.25, -0.2) is 8.78 Å². The Morgan fingerprint density at radius 1 is 1.39 bits per heavy atom. The number of amides is 1. The van der Waals surface area contributed by atoms with E-state index in [4.69, 9.17) is 5.73 Å². The summed E-state index contributed by atoms with van der Waals surface area (Å²) in [5.41, 5.74) is 4.94. The van der Waals surface area contributed by atoms with Gasteiger partial charge in [0.2, 0.25) is 5.91 Å². The Kier molecular flexibility index (Phi) is 4.78. The minimum Gasteiger partial charge on any atom is -0.370 e. The van der Waals surface area contributed by atoms with Gasteiger partial charge in [-0.1, -0.05) is 13.0 Å². The quantitative estimate of drug-likeness (QED) is 0.818. The lowest BCUT2D eigenvalue weighted by molar-refractivity contribution is -0.119. The van der Waals surface area contributed by atoms with Crippen LogP contribution >= 0.6 is 0 Å². The molecule has 1 aromatic rings. The van der Waals surface area contributed by atoms with E-state index in [1.165, 1.54) is 6.07 Å². The summed E-state index contributed by atoms with van der Waals surface area (Å²) in [6.45, 7) is 4.38. The van der Waals surface area contributed by atoms with Crippen molar-refractivity contribution in [3.63, 3.8) is 0 Å². The second-order valence-corrected chi connectivity index (χ2v) is 4.53. The smallest absolute Gasteiger partial charge is 0.219 e. The van der Waals surface area contributed by atoms with Gasteiger partial charge in [-0.15, -0.1) is 0 Å². The molecule has 100 valence electrons. The molecule has 1 aromatic carbocycles. The molecule has 3 N–H and O–H groups in total. The molecule has 0 aliphatic rings. The molecule has 5 heteroatoms. The summed E-state index contributed by atoms with van der Waals surface area (Å²) in [5, 5.41) is 3.15. The van der Waals surface area contributed by atoms with Crippen molar-refractivity contribution >= 4 is 5.91 Å². The summed E-state index contributed by atoms with van der Waals surface area (Å²) < 4.78 is 26.2. The fourth-order valence-electron chi connectivity index (χ4n) is 1.86. The minimum atomic E-state index is -0.929. The van der Waals surface area contributed by atoms with Crippen molar-refractivity contribution in [2.24, 2.45) is 5.73 Å². The van der Waals surface area contributed by atoms with Crippen LogP contribution in [0.25, 0.3) is 0 Å². The first-order chi connectivity index (χ1) is 8.39. The van der Waals surface area contributed by atoms with Crippen LogP contribution < -0.4 is 11.1 Å². The number of rotatable bonds is 6. The molecule has 18 heavy (non-hydrogen) atoms. The van der Waals surface area contributed by atoms with Crippen molar-refractivity contribution < 1.29 is 13.6 Å². The standard InChI is InChI=1S/C13H18F2N2O/c1-3-6-17-13(2,8-12(16)18)9-4-5-10(14)11(15)7-9/h4-5,7,17H,3,6,8H2,1-2H3,(H2,16,18). The van der Waals surface area contributed by atoms with Gasteiger partial charge in [-0.05, 0) is 37.6 Å². The molecule has 0 spiro atoms. The first kappa shape index (κ1) is 14.6. The highest BCUT2D eigenvalue weighted by molar-refractivity contribution is 5.75. The van der Waals surface area contributed by atoms with Crippen LogP contribution in [-0.4, -0.2) is 12.5 Å². The van der Waals surface area contributed by atoms with Crippen molar-refractivity contribution in [3.8, 4) is 0 Å². The maximum absolute atomic E-state index is 13.3. The Bertz CT molecular complexity index is 437. The zero-order valence-electron chi connectivity index (χ0n) is 10.6. The highest BCUT2D eigenvalue weighted by atomic mass is 19.2. The van der Waals surface area contributed by atoms with Gasteiger partial charge in [0.1, 0.15) is 0 Å². The summed E-state index contributed by atoms with van der Waals surface area (Å²) >= 11 is 0. The van der Waals surface area contributed by atoms with Crippen LogP contribution in [-0.2, 0) is 10.3 Å². The number of nitrogens with two attached hydrogens (primary N) is 1. The molecule has 0 saturated heterocycles. The maximum atomic E-state index is 13.3. The number of primary amides is 1. The fourth-order valence-corrected chi connectivity index (χ4v) is 1.86. The molecular weight excluding hydrogens is 238 g/mol. The van der Waals surface area contributed by atoms with Gasteiger partial charge in [-0.2, -0.15) is 0 Å². The Morgan fingerprint density at radius 2 is 2.06 bits per heavy atom. The molecular formula is C13H18F2N2O. The van der Waals surface area contributed by atoms with Gasteiger partial charge in [-0.3, -0.25) is 4.79 Å². The summed E-state index contributed by atoms with van der Waals surface area (Å²) in [7, 11) is 0. The number of halogens is 2. The summed E-state index contributed by atoms with van der Waals surface area (Å²) in [6, 6.07) is 3.61. The molecule has 1 unspecified atom stereocenters. The van der Waals surface area contributed by atoms with E-state index < -0.39 is 23.1 Å². The Morgan fingerprint density at radius 3 is 2.56 bits per heavy atom. The molecule has 0 aromatic heterocycles. The van der Waals surface area contributed by atoms with Crippen LogP contribution in [0.3, 0.4) is 0 Å². The van der Waals surface area contributed by atoms with Gasteiger partial charge in [0.05, 0.1) is 0 Å². The monoisotopic (exact) mass is 256 g/mol. The maximum Gasteiger partial charge on any atom is 0.219 e. The number of carbonyl (C=O) groups is 1. The molecule has 0 fully saturated rings. The largest absolute Gasteiger partial charge is 0.370 e. The topological polar surface area (TPSA) is 55.1 Å². The lowest BCUT2D eigenvalue weighted by Crippen LogP contribution is -2.43. The van der Waals surface area contributed by atoms with E-state index in [0.29, 0.717) is 12.1 Å². The minimum absolute atomic E-state index is 0.0259. The van der Waals surface area contributed by atoms with Crippen LogP contribution in [0.2, 0.25) is 0 Å². The van der Waals surface area contributed by atoms with Gasteiger partial charge in [0.25, 0.3) is 0 Å². The summed E-state index contributed by atoms with van der Waals surface area (Å²) in [4.78, 5) is 11.1. The first-order valence-electron chi connectivity index (χ1n) is 5.88. The molecule has 0 saturated carbocycles. The fraction of sp³-hybridized carbons (Fsp3) is 0.462. The number of carbonyl (C=O) groups excluding carboxylic acids is 1. The molecule has 0 heterocycles. The Labute approximate surface area is 105 Å². The number of hydrogen-bond acceptors (Lipinski definition) is 2. The van der Waals surface area contributed by atoms with Crippen LogP contribution in [0.5, 0.6) is 0 Å². The second kappa shape index (κ2) is 5.91. The van der Waals surface area contributed by atoms with Crippen molar-refractivity contribution in [1.29, 1.82) is 0 Å². The van der Waals surface area contributed by atoms with Crippen LogP contribution in [0.4, 0.5) is 8.78 Å². The molecule has 1 rings (SSSR count). The summed E-state index contributed by atoms with van der Waals surface area (Å²) in [5.74, 6) is -2.33. The highest BCUT2D eigenvalue weighted by Crippen LogP contribution is 2.26. The van der Waals surface area contributed by atoms with E-state index in [-0.39, 0.29) is 6.42 Å². The summed E-state index contributed by atoms with van der Waals surface area (Å²) in [6.07, 6.45) is 0.885.